The number of carbonyl (C=O) groups is 2. The van der Waals surface area contributed by atoms with Gasteiger partial charge in [0.1, 0.15) is 5.82 Å². The van der Waals surface area contributed by atoms with Gasteiger partial charge in [0, 0.05) is 31.6 Å². The molecule has 6 nitrogen and oxygen atoms in total. The molecule has 3 heterocycles. The summed E-state index contributed by atoms with van der Waals surface area (Å²) in [6.07, 6.45) is 0. The average Bonchev–Trinajstić information content (AvgIpc) is 3.32. The van der Waals surface area contributed by atoms with Crippen LogP contribution in [-0.2, 0) is 0 Å². The van der Waals surface area contributed by atoms with Gasteiger partial charge in [-0.2, -0.15) is 4.37 Å². The van der Waals surface area contributed by atoms with Crippen molar-refractivity contribution in [3.05, 3.63) is 59.7 Å². The Morgan fingerprint density at radius 3 is 2.16 bits per heavy atom. The molecule has 2 amide bonds. The van der Waals surface area contributed by atoms with E-state index in [1.54, 1.807) is 35.8 Å². The zero-order valence-corrected chi connectivity index (χ0v) is 18.4. The van der Waals surface area contributed by atoms with Gasteiger partial charge in [-0.1, -0.05) is 36.1 Å². The Bertz CT molecular complexity index is 1160. The maximum atomic E-state index is 12.4. The minimum absolute atomic E-state index is 0. The number of halogens is 1. The molecule has 0 spiro atoms. The predicted molar refractivity (Wildman–Crippen MR) is 125 cm³/mol. The van der Waals surface area contributed by atoms with Crippen LogP contribution in [0.1, 0.15) is 20.7 Å². The van der Waals surface area contributed by atoms with Crippen LogP contribution in [0.3, 0.4) is 0 Å². The fraction of sp³-hybridized carbons (Fsp3) is 0.261. The second-order valence-electron chi connectivity index (χ2n) is 7.36. The molecular weight excluding hydrogens is 432 g/mol. The highest BCUT2D eigenvalue weighted by Crippen LogP contribution is 2.29. The number of hydrogen-bond acceptors (Lipinski definition) is 6. The third kappa shape index (κ3) is 4.02. The number of aromatic nitrogens is 1. The van der Waals surface area contributed by atoms with Crippen LogP contribution in [0.4, 0.5) is 5.82 Å². The number of fused-ring (bicyclic) bond motifs is 2. The van der Waals surface area contributed by atoms with Gasteiger partial charge in [-0.3, -0.25) is 19.4 Å². The van der Waals surface area contributed by atoms with Gasteiger partial charge >= 0.3 is 0 Å². The number of anilines is 1. The van der Waals surface area contributed by atoms with Crippen molar-refractivity contribution in [1.82, 2.24) is 14.2 Å². The number of imide groups is 1. The molecule has 1 fully saturated rings. The Balaban J connectivity index is 0.00000231. The van der Waals surface area contributed by atoms with Crippen molar-refractivity contribution < 1.29 is 9.59 Å². The van der Waals surface area contributed by atoms with Crippen LogP contribution in [-0.4, -0.2) is 65.3 Å². The number of piperazine rings is 1. The first kappa shape index (κ1) is 21.3. The number of benzene rings is 2. The lowest BCUT2D eigenvalue weighted by Crippen LogP contribution is -2.46. The quantitative estimate of drug-likeness (QED) is 0.451. The SMILES string of the molecule is Cl.O=C1c2ccccc2C(=O)N1CC#CCN1CCN(c2nsc3ccccc23)CC1. The van der Waals surface area contributed by atoms with Crippen LogP contribution in [0.5, 0.6) is 0 Å². The van der Waals surface area contributed by atoms with Gasteiger partial charge in [-0.25, -0.2) is 0 Å². The van der Waals surface area contributed by atoms with E-state index in [1.807, 2.05) is 6.07 Å². The van der Waals surface area contributed by atoms with Gasteiger partial charge < -0.3 is 4.90 Å². The third-order valence-corrected chi connectivity index (χ3v) is 6.39. The van der Waals surface area contributed by atoms with Gasteiger partial charge in [0.15, 0.2) is 0 Å². The van der Waals surface area contributed by atoms with E-state index in [9.17, 15) is 9.59 Å². The summed E-state index contributed by atoms with van der Waals surface area (Å²) in [4.78, 5) is 30.6. The van der Waals surface area contributed by atoms with Crippen LogP contribution in [0.25, 0.3) is 10.1 Å². The highest BCUT2D eigenvalue weighted by Gasteiger charge is 2.34. The van der Waals surface area contributed by atoms with E-state index in [-0.39, 0.29) is 30.8 Å². The van der Waals surface area contributed by atoms with E-state index < -0.39 is 0 Å². The highest BCUT2D eigenvalue weighted by molar-refractivity contribution is 7.13. The van der Waals surface area contributed by atoms with Crippen LogP contribution in [0.15, 0.2) is 48.5 Å². The van der Waals surface area contributed by atoms with E-state index in [0.29, 0.717) is 17.7 Å². The van der Waals surface area contributed by atoms with Crippen LogP contribution >= 0.6 is 23.9 Å². The molecule has 1 saturated heterocycles. The van der Waals surface area contributed by atoms with E-state index >= 15 is 0 Å². The molecule has 3 aromatic rings. The molecule has 5 rings (SSSR count). The first-order valence-electron chi connectivity index (χ1n) is 9.95. The fourth-order valence-corrected chi connectivity index (χ4v) is 4.70. The molecule has 31 heavy (non-hydrogen) atoms. The van der Waals surface area contributed by atoms with Crippen molar-refractivity contribution in [2.75, 3.05) is 44.2 Å². The lowest BCUT2D eigenvalue weighted by atomic mass is 10.1. The zero-order chi connectivity index (χ0) is 20.5. The number of amides is 2. The highest BCUT2D eigenvalue weighted by atomic mass is 35.5. The maximum Gasteiger partial charge on any atom is 0.262 e. The van der Waals surface area contributed by atoms with Gasteiger partial charge in [-0.05, 0) is 35.8 Å². The summed E-state index contributed by atoms with van der Waals surface area (Å²) in [5.74, 6) is 6.69. The molecule has 0 N–H and O–H groups in total. The van der Waals surface area contributed by atoms with E-state index in [0.717, 1.165) is 32.0 Å². The molecule has 1 aromatic heterocycles. The molecule has 0 radical (unpaired) electrons. The Labute approximate surface area is 191 Å². The molecule has 2 aromatic carbocycles. The molecular formula is C23H21ClN4O2S. The largest absolute Gasteiger partial charge is 0.353 e. The fourth-order valence-electron chi connectivity index (χ4n) is 3.90. The monoisotopic (exact) mass is 452 g/mol. The first-order valence-corrected chi connectivity index (χ1v) is 10.7. The van der Waals surface area contributed by atoms with Crippen molar-refractivity contribution in [1.29, 1.82) is 0 Å². The van der Waals surface area contributed by atoms with Crippen molar-refractivity contribution >= 4 is 51.7 Å². The van der Waals surface area contributed by atoms with Crippen molar-refractivity contribution in [2.24, 2.45) is 0 Å². The summed E-state index contributed by atoms with van der Waals surface area (Å²) in [5.41, 5.74) is 0.935. The molecule has 0 atom stereocenters. The number of nitrogens with zero attached hydrogens (tertiary/aromatic N) is 4. The standard InChI is InChI=1S/C23H20N4O2S.ClH/c28-22-17-7-1-2-8-18(17)23(29)27(22)12-6-5-11-25-13-15-26(16-14-25)21-19-9-3-4-10-20(19)30-24-21;/h1-4,7-10H,11-16H2;1H. The Morgan fingerprint density at radius 1 is 0.839 bits per heavy atom. The average molecular weight is 453 g/mol. The third-order valence-electron chi connectivity index (χ3n) is 5.57. The van der Waals surface area contributed by atoms with Crippen molar-refractivity contribution in [3.8, 4) is 11.8 Å². The van der Waals surface area contributed by atoms with E-state index in [4.69, 9.17) is 0 Å². The van der Waals surface area contributed by atoms with Crippen LogP contribution < -0.4 is 4.90 Å². The molecule has 8 heteroatoms. The Morgan fingerprint density at radius 2 is 1.45 bits per heavy atom. The van der Waals surface area contributed by atoms with Gasteiger partial charge in [0.25, 0.3) is 11.8 Å². The van der Waals surface area contributed by atoms with Crippen molar-refractivity contribution in [2.45, 2.75) is 0 Å². The summed E-state index contributed by atoms with van der Waals surface area (Å²) in [7, 11) is 0. The Hall–Kier alpha value is -2.92. The van der Waals surface area contributed by atoms with Gasteiger partial charge in [0.05, 0.1) is 28.9 Å². The molecule has 2 aliphatic heterocycles. The summed E-state index contributed by atoms with van der Waals surface area (Å²) in [5, 5.41) is 1.22. The Kier molecular flexibility index (Phi) is 6.23. The van der Waals surface area contributed by atoms with Crippen LogP contribution in [0.2, 0.25) is 0 Å². The van der Waals surface area contributed by atoms with Crippen LogP contribution in [0, 0.1) is 11.8 Å². The van der Waals surface area contributed by atoms with Gasteiger partial charge in [0.2, 0.25) is 0 Å². The summed E-state index contributed by atoms with van der Waals surface area (Å²) in [6.45, 7) is 4.41. The lowest BCUT2D eigenvalue weighted by molar-refractivity contribution is 0.0675. The smallest absolute Gasteiger partial charge is 0.262 e. The minimum atomic E-state index is -0.256. The van der Waals surface area contributed by atoms with Gasteiger partial charge in [-0.15, -0.1) is 12.4 Å². The number of carbonyl (C=O) groups excluding carboxylic acids is 2. The maximum absolute atomic E-state index is 12.4. The van der Waals surface area contributed by atoms with Crippen molar-refractivity contribution in [3.63, 3.8) is 0 Å². The molecule has 0 aliphatic carbocycles. The lowest BCUT2D eigenvalue weighted by Gasteiger charge is -2.34. The molecule has 0 saturated carbocycles. The molecule has 2 aliphatic rings. The van der Waals surface area contributed by atoms with E-state index in [1.165, 1.54) is 15.0 Å². The zero-order valence-electron chi connectivity index (χ0n) is 16.8. The summed E-state index contributed by atoms with van der Waals surface area (Å²) < 4.78 is 5.86. The molecule has 0 bridgehead atoms. The molecule has 158 valence electrons. The first-order chi connectivity index (χ1) is 14.7. The second-order valence-corrected chi connectivity index (χ2v) is 8.17. The number of rotatable bonds is 3. The second kappa shape index (κ2) is 9.06. The normalized spacial score (nSPS) is 16.1. The number of hydrogen-bond donors (Lipinski definition) is 0. The predicted octanol–water partition coefficient (Wildman–Crippen LogP) is 3.14. The summed E-state index contributed by atoms with van der Waals surface area (Å²) in [6, 6.07) is 15.3. The molecule has 0 unspecified atom stereocenters. The minimum Gasteiger partial charge on any atom is -0.353 e. The summed E-state index contributed by atoms with van der Waals surface area (Å²) >= 11 is 1.55. The van der Waals surface area contributed by atoms with E-state index in [2.05, 4.69) is 44.2 Å². The topological polar surface area (TPSA) is 56.8 Å².